The van der Waals surface area contributed by atoms with E-state index in [1.54, 1.807) is 6.07 Å². The van der Waals surface area contributed by atoms with E-state index in [1.165, 1.54) is 18.2 Å². The minimum atomic E-state index is -0.376. The molecule has 4 nitrogen and oxygen atoms in total. The third kappa shape index (κ3) is 2.40. The first-order chi connectivity index (χ1) is 10.1. The molecule has 106 valence electrons. The molecule has 0 bridgehead atoms. The van der Waals surface area contributed by atoms with Gasteiger partial charge in [0.15, 0.2) is 0 Å². The topological polar surface area (TPSA) is 55.0 Å². The monoisotopic (exact) mass is 280 g/mol. The standard InChI is InChI=1S/C17H16N2O2/c1-10-7-11(2)9-12(8-10)16-18-14-6-4-5-13(15(14)19-16)17(20)21-3/h4-9H,1-3H3,(H,18,19). The van der Waals surface area contributed by atoms with Gasteiger partial charge in [-0.3, -0.25) is 0 Å². The number of methoxy groups -OCH3 is 1. The third-order valence-corrected chi connectivity index (χ3v) is 3.41. The zero-order valence-corrected chi connectivity index (χ0v) is 12.2. The molecular formula is C17H16N2O2. The van der Waals surface area contributed by atoms with Gasteiger partial charge in [-0.1, -0.05) is 23.3 Å². The van der Waals surface area contributed by atoms with Crippen LogP contribution in [0.5, 0.6) is 0 Å². The van der Waals surface area contributed by atoms with Gasteiger partial charge in [-0.2, -0.15) is 0 Å². The molecule has 0 radical (unpaired) electrons. The molecule has 0 aliphatic rings. The molecule has 4 heteroatoms. The highest BCUT2D eigenvalue weighted by molar-refractivity contribution is 6.02. The Bertz CT molecular complexity index is 814. The predicted molar refractivity (Wildman–Crippen MR) is 82.3 cm³/mol. The van der Waals surface area contributed by atoms with Crippen molar-refractivity contribution in [3.8, 4) is 11.4 Å². The summed E-state index contributed by atoms with van der Waals surface area (Å²) in [5.41, 5.74) is 5.31. The zero-order chi connectivity index (χ0) is 15.0. The van der Waals surface area contributed by atoms with E-state index in [0.29, 0.717) is 11.1 Å². The number of carbonyl (C=O) groups is 1. The van der Waals surface area contributed by atoms with Crippen LogP contribution in [0.1, 0.15) is 21.5 Å². The second kappa shape index (κ2) is 5.05. The van der Waals surface area contributed by atoms with Crippen LogP contribution in [0.25, 0.3) is 22.4 Å². The largest absolute Gasteiger partial charge is 0.465 e. The number of hydrogen-bond acceptors (Lipinski definition) is 3. The van der Waals surface area contributed by atoms with Crippen molar-refractivity contribution >= 4 is 17.0 Å². The van der Waals surface area contributed by atoms with Gasteiger partial charge in [0.25, 0.3) is 0 Å². The number of aryl methyl sites for hydroxylation is 2. The molecule has 2 aromatic carbocycles. The predicted octanol–water partition coefficient (Wildman–Crippen LogP) is 3.63. The Kier molecular flexibility index (Phi) is 3.22. The lowest BCUT2D eigenvalue weighted by molar-refractivity contribution is 0.0603. The molecule has 3 rings (SSSR count). The molecule has 0 atom stereocenters. The molecule has 3 aromatic rings. The second-order valence-corrected chi connectivity index (χ2v) is 5.16. The molecule has 1 N–H and O–H groups in total. The normalized spacial score (nSPS) is 10.8. The molecule has 0 saturated carbocycles. The number of fused-ring (bicyclic) bond motifs is 1. The summed E-state index contributed by atoms with van der Waals surface area (Å²) in [6.07, 6.45) is 0. The number of esters is 1. The Morgan fingerprint density at radius 2 is 1.86 bits per heavy atom. The molecule has 0 spiro atoms. The maximum Gasteiger partial charge on any atom is 0.340 e. The van der Waals surface area contributed by atoms with Gasteiger partial charge in [0, 0.05) is 5.56 Å². The van der Waals surface area contributed by atoms with E-state index in [-0.39, 0.29) is 5.97 Å². The lowest BCUT2D eigenvalue weighted by atomic mass is 10.1. The molecule has 0 aliphatic carbocycles. The number of hydrogen-bond donors (Lipinski definition) is 1. The lowest BCUT2D eigenvalue weighted by Crippen LogP contribution is -2.01. The SMILES string of the molecule is COC(=O)c1cccc2[nH]c(-c3cc(C)cc(C)c3)nc12. The van der Waals surface area contributed by atoms with Crippen LogP contribution >= 0.6 is 0 Å². The summed E-state index contributed by atoms with van der Waals surface area (Å²) in [7, 11) is 1.37. The Morgan fingerprint density at radius 3 is 2.52 bits per heavy atom. The van der Waals surface area contributed by atoms with E-state index in [4.69, 9.17) is 4.74 Å². The van der Waals surface area contributed by atoms with E-state index in [2.05, 4.69) is 42.0 Å². The molecule has 0 fully saturated rings. The van der Waals surface area contributed by atoms with Crippen molar-refractivity contribution in [2.24, 2.45) is 0 Å². The van der Waals surface area contributed by atoms with Crippen molar-refractivity contribution in [3.63, 3.8) is 0 Å². The minimum absolute atomic E-state index is 0.376. The van der Waals surface area contributed by atoms with Gasteiger partial charge >= 0.3 is 5.97 Å². The highest BCUT2D eigenvalue weighted by Gasteiger charge is 2.14. The van der Waals surface area contributed by atoms with Crippen molar-refractivity contribution < 1.29 is 9.53 Å². The average Bonchev–Trinajstić information content (AvgIpc) is 2.89. The second-order valence-electron chi connectivity index (χ2n) is 5.16. The number of ether oxygens (including phenoxy) is 1. The first-order valence-electron chi connectivity index (χ1n) is 6.74. The number of carbonyl (C=O) groups excluding carboxylic acids is 1. The third-order valence-electron chi connectivity index (χ3n) is 3.41. The van der Waals surface area contributed by atoms with Crippen molar-refractivity contribution in [2.45, 2.75) is 13.8 Å². The molecule has 1 aromatic heterocycles. The van der Waals surface area contributed by atoms with Crippen LogP contribution in [0.2, 0.25) is 0 Å². The first kappa shape index (κ1) is 13.4. The van der Waals surface area contributed by atoms with Crippen molar-refractivity contribution in [2.75, 3.05) is 7.11 Å². The summed E-state index contributed by atoms with van der Waals surface area (Å²) in [5.74, 6) is 0.382. The van der Waals surface area contributed by atoms with Crippen molar-refractivity contribution in [1.82, 2.24) is 9.97 Å². The van der Waals surface area contributed by atoms with Gasteiger partial charge in [-0.05, 0) is 38.1 Å². The number of aromatic amines is 1. The van der Waals surface area contributed by atoms with Crippen LogP contribution in [-0.2, 0) is 4.74 Å². The van der Waals surface area contributed by atoms with Gasteiger partial charge in [-0.15, -0.1) is 0 Å². The molecule has 0 unspecified atom stereocenters. The van der Waals surface area contributed by atoms with Gasteiger partial charge < -0.3 is 9.72 Å². The van der Waals surface area contributed by atoms with Gasteiger partial charge in [0.1, 0.15) is 11.3 Å². The number of rotatable bonds is 2. The molecule has 0 amide bonds. The Hall–Kier alpha value is -2.62. The van der Waals surface area contributed by atoms with E-state index in [0.717, 1.165) is 16.9 Å². The van der Waals surface area contributed by atoms with Crippen LogP contribution in [0, 0.1) is 13.8 Å². The van der Waals surface area contributed by atoms with Crippen LogP contribution < -0.4 is 0 Å². The lowest BCUT2D eigenvalue weighted by Gasteiger charge is -2.01. The molecular weight excluding hydrogens is 264 g/mol. The van der Waals surface area contributed by atoms with Gasteiger partial charge in [0.2, 0.25) is 0 Å². The summed E-state index contributed by atoms with van der Waals surface area (Å²) in [5, 5.41) is 0. The Balaban J connectivity index is 2.19. The summed E-state index contributed by atoms with van der Waals surface area (Å²) in [6.45, 7) is 4.11. The van der Waals surface area contributed by atoms with Gasteiger partial charge in [-0.25, -0.2) is 9.78 Å². The van der Waals surface area contributed by atoms with Crippen LogP contribution in [0.15, 0.2) is 36.4 Å². The summed E-state index contributed by atoms with van der Waals surface area (Å²) in [6, 6.07) is 11.7. The molecule has 21 heavy (non-hydrogen) atoms. The van der Waals surface area contributed by atoms with Crippen LogP contribution in [0.4, 0.5) is 0 Å². The number of imidazole rings is 1. The maximum absolute atomic E-state index is 11.8. The highest BCUT2D eigenvalue weighted by atomic mass is 16.5. The molecule has 1 heterocycles. The number of nitrogens with one attached hydrogen (secondary N) is 1. The van der Waals surface area contributed by atoms with E-state index < -0.39 is 0 Å². The highest BCUT2D eigenvalue weighted by Crippen LogP contribution is 2.24. The Labute approximate surface area is 122 Å². The number of nitrogens with zero attached hydrogens (tertiary/aromatic N) is 1. The number of benzene rings is 2. The smallest absolute Gasteiger partial charge is 0.340 e. The fourth-order valence-electron chi connectivity index (χ4n) is 2.55. The van der Waals surface area contributed by atoms with Crippen molar-refractivity contribution in [3.05, 3.63) is 53.1 Å². The van der Waals surface area contributed by atoms with Crippen LogP contribution in [0.3, 0.4) is 0 Å². The fourth-order valence-corrected chi connectivity index (χ4v) is 2.55. The van der Waals surface area contributed by atoms with Crippen molar-refractivity contribution in [1.29, 1.82) is 0 Å². The maximum atomic E-state index is 11.8. The first-order valence-corrected chi connectivity index (χ1v) is 6.74. The minimum Gasteiger partial charge on any atom is -0.465 e. The summed E-state index contributed by atoms with van der Waals surface area (Å²) in [4.78, 5) is 19.6. The quantitative estimate of drug-likeness (QED) is 0.729. The average molecular weight is 280 g/mol. The number of para-hydroxylation sites is 1. The van der Waals surface area contributed by atoms with E-state index in [9.17, 15) is 4.79 Å². The Morgan fingerprint density at radius 1 is 1.14 bits per heavy atom. The molecule has 0 saturated heterocycles. The van der Waals surface area contributed by atoms with E-state index in [1.807, 2.05) is 12.1 Å². The van der Waals surface area contributed by atoms with E-state index >= 15 is 0 Å². The van der Waals surface area contributed by atoms with Gasteiger partial charge in [0.05, 0.1) is 18.2 Å². The molecule has 0 aliphatic heterocycles. The number of aromatic nitrogens is 2. The summed E-state index contributed by atoms with van der Waals surface area (Å²) >= 11 is 0. The van der Waals surface area contributed by atoms with Crippen LogP contribution in [-0.4, -0.2) is 23.0 Å². The fraction of sp³-hybridized carbons (Fsp3) is 0.176. The summed E-state index contributed by atoms with van der Waals surface area (Å²) < 4.78 is 4.80. The zero-order valence-electron chi connectivity index (χ0n) is 12.2. The number of H-pyrrole nitrogens is 1.